The van der Waals surface area contributed by atoms with E-state index in [0.29, 0.717) is 11.6 Å². The molecule has 1 saturated carbocycles. The predicted octanol–water partition coefficient (Wildman–Crippen LogP) is 4.14. The lowest BCUT2D eigenvalue weighted by Crippen LogP contribution is -2.28. The number of rotatable bonds is 3. The molecule has 1 aliphatic carbocycles. The van der Waals surface area contributed by atoms with E-state index in [9.17, 15) is 4.79 Å². The molecule has 0 saturated heterocycles. The first-order chi connectivity index (χ1) is 12.0. The third-order valence-corrected chi connectivity index (χ3v) is 4.02. The monoisotopic (exact) mass is 340 g/mol. The van der Waals surface area contributed by atoms with Crippen molar-refractivity contribution in [2.24, 2.45) is 5.92 Å². The molecule has 2 aliphatic rings. The number of pyridine rings is 1. The average molecular weight is 340 g/mol. The van der Waals surface area contributed by atoms with Crippen LogP contribution in [0.5, 0.6) is 11.5 Å². The first kappa shape index (κ1) is 17.3. The molecular weight excluding hydrogens is 316 g/mol. The van der Waals surface area contributed by atoms with Gasteiger partial charge >= 0.3 is 0 Å². The van der Waals surface area contributed by atoms with Gasteiger partial charge in [0.2, 0.25) is 12.7 Å². The minimum atomic E-state index is -0.460. The molecule has 1 amide bonds. The molecule has 5 heteroatoms. The van der Waals surface area contributed by atoms with Gasteiger partial charge in [0.15, 0.2) is 11.5 Å². The van der Waals surface area contributed by atoms with E-state index in [1.165, 1.54) is 0 Å². The van der Waals surface area contributed by atoms with Crippen LogP contribution in [0.3, 0.4) is 0 Å². The van der Waals surface area contributed by atoms with Crippen LogP contribution >= 0.6 is 0 Å². The van der Waals surface area contributed by atoms with Gasteiger partial charge in [-0.3, -0.25) is 4.79 Å². The minimum Gasteiger partial charge on any atom is -0.454 e. The number of hydrogen-bond donors (Lipinski definition) is 1. The number of nitrogens with one attached hydrogen (secondary N) is 1. The molecule has 0 atom stereocenters. The van der Waals surface area contributed by atoms with Crippen molar-refractivity contribution in [1.82, 2.24) is 4.98 Å². The lowest BCUT2D eigenvalue weighted by Gasteiger charge is -2.15. The Bertz CT molecular complexity index is 737. The Hall–Kier alpha value is -2.56. The van der Waals surface area contributed by atoms with E-state index in [-0.39, 0.29) is 12.7 Å². The standard InChI is InChI=1S/C16H14N2O3.C4H10/c19-15(18-14-3-1-2-8-17-14)16(6-7-16)11-4-5-12-13(9-11)21-10-20-12;1-4(2)3/h1-5,8-9H,6-7,10H2,(H,17,18,19);4H,1-3H3. The lowest BCUT2D eigenvalue weighted by molar-refractivity contribution is -0.118. The van der Waals surface area contributed by atoms with E-state index >= 15 is 0 Å². The maximum Gasteiger partial charge on any atom is 0.236 e. The van der Waals surface area contributed by atoms with Crippen LogP contribution in [0, 0.1) is 5.92 Å². The summed E-state index contributed by atoms with van der Waals surface area (Å²) in [7, 11) is 0. The van der Waals surface area contributed by atoms with Gasteiger partial charge in [0.25, 0.3) is 0 Å². The fourth-order valence-corrected chi connectivity index (χ4v) is 2.64. The number of nitrogens with zero attached hydrogens (tertiary/aromatic N) is 1. The molecule has 2 aromatic rings. The second-order valence-electron chi connectivity index (χ2n) is 7.05. The van der Waals surface area contributed by atoms with E-state index in [2.05, 4.69) is 31.1 Å². The number of anilines is 1. The quantitative estimate of drug-likeness (QED) is 0.912. The van der Waals surface area contributed by atoms with E-state index in [0.717, 1.165) is 30.1 Å². The zero-order valence-corrected chi connectivity index (χ0v) is 14.9. The van der Waals surface area contributed by atoms with Crippen molar-refractivity contribution in [3.05, 3.63) is 48.2 Å². The van der Waals surface area contributed by atoms with Crippen molar-refractivity contribution in [2.75, 3.05) is 12.1 Å². The second kappa shape index (κ2) is 7.13. The van der Waals surface area contributed by atoms with Gasteiger partial charge in [-0.25, -0.2) is 4.98 Å². The predicted molar refractivity (Wildman–Crippen MR) is 96.9 cm³/mol. The molecule has 1 aliphatic heterocycles. The number of amides is 1. The number of carbonyl (C=O) groups excluding carboxylic acids is 1. The Kier molecular flexibility index (Phi) is 4.93. The molecule has 0 spiro atoms. The molecule has 0 unspecified atom stereocenters. The van der Waals surface area contributed by atoms with Gasteiger partial charge in [-0.05, 0) is 48.6 Å². The molecule has 1 aromatic carbocycles. The molecule has 0 radical (unpaired) electrons. The smallest absolute Gasteiger partial charge is 0.236 e. The first-order valence-corrected chi connectivity index (χ1v) is 8.64. The molecule has 1 fully saturated rings. The van der Waals surface area contributed by atoms with Crippen LogP contribution in [-0.4, -0.2) is 17.7 Å². The van der Waals surface area contributed by atoms with Crippen molar-refractivity contribution < 1.29 is 14.3 Å². The van der Waals surface area contributed by atoms with Crippen LogP contribution in [0.1, 0.15) is 39.2 Å². The zero-order chi connectivity index (χ0) is 17.9. The fraction of sp³-hybridized carbons (Fsp3) is 0.400. The van der Waals surface area contributed by atoms with Crippen LogP contribution < -0.4 is 14.8 Å². The maximum absolute atomic E-state index is 12.6. The summed E-state index contributed by atoms with van der Waals surface area (Å²) >= 11 is 0. The number of hydrogen-bond acceptors (Lipinski definition) is 4. The SMILES string of the molecule is CC(C)C.O=C(Nc1ccccn1)C1(c2ccc3c(c2)OCO3)CC1. The molecule has 25 heavy (non-hydrogen) atoms. The lowest BCUT2D eigenvalue weighted by atomic mass is 9.94. The Labute approximate surface area is 148 Å². The number of benzene rings is 1. The van der Waals surface area contributed by atoms with Gasteiger partial charge in [0.1, 0.15) is 5.82 Å². The van der Waals surface area contributed by atoms with Crippen LogP contribution in [-0.2, 0) is 10.2 Å². The normalized spacial score (nSPS) is 16.0. The molecule has 0 bridgehead atoms. The van der Waals surface area contributed by atoms with E-state index in [1.807, 2.05) is 30.3 Å². The summed E-state index contributed by atoms with van der Waals surface area (Å²) in [6.07, 6.45) is 3.34. The molecule has 132 valence electrons. The van der Waals surface area contributed by atoms with Crippen LogP contribution in [0.25, 0.3) is 0 Å². The van der Waals surface area contributed by atoms with E-state index in [1.54, 1.807) is 12.3 Å². The first-order valence-electron chi connectivity index (χ1n) is 8.64. The number of fused-ring (bicyclic) bond motifs is 1. The number of ether oxygens (including phenoxy) is 2. The average Bonchev–Trinajstić information content (AvgIpc) is 3.27. The largest absolute Gasteiger partial charge is 0.454 e. The van der Waals surface area contributed by atoms with Gasteiger partial charge in [-0.2, -0.15) is 0 Å². The summed E-state index contributed by atoms with van der Waals surface area (Å²) in [5.74, 6) is 2.85. The van der Waals surface area contributed by atoms with Crippen LogP contribution in [0.15, 0.2) is 42.6 Å². The third-order valence-electron chi connectivity index (χ3n) is 4.02. The third kappa shape index (κ3) is 3.92. The Morgan fingerprint density at radius 2 is 1.84 bits per heavy atom. The van der Waals surface area contributed by atoms with Crippen LogP contribution in [0.4, 0.5) is 5.82 Å². The minimum absolute atomic E-state index is 0.0138. The molecule has 2 heterocycles. The van der Waals surface area contributed by atoms with E-state index in [4.69, 9.17) is 9.47 Å². The highest BCUT2D eigenvalue weighted by atomic mass is 16.7. The summed E-state index contributed by atoms with van der Waals surface area (Å²) in [5, 5.41) is 2.89. The Morgan fingerprint density at radius 1 is 1.12 bits per heavy atom. The summed E-state index contributed by atoms with van der Waals surface area (Å²) in [6, 6.07) is 11.2. The summed E-state index contributed by atoms with van der Waals surface area (Å²) in [5.41, 5.74) is 0.513. The molecule has 1 N–H and O–H groups in total. The van der Waals surface area contributed by atoms with E-state index < -0.39 is 5.41 Å². The van der Waals surface area contributed by atoms with Crippen molar-refractivity contribution in [1.29, 1.82) is 0 Å². The highest BCUT2D eigenvalue weighted by Crippen LogP contribution is 2.51. The number of aromatic nitrogens is 1. The fourth-order valence-electron chi connectivity index (χ4n) is 2.64. The Morgan fingerprint density at radius 3 is 2.48 bits per heavy atom. The molecular formula is C20H24N2O3. The Balaban J connectivity index is 0.000000415. The highest BCUT2D eigenvalue weighted by Gasteiger charge is 2.51. The summed E-state index contributed by atoms with van der Waals surface area (Å²) < 4.78 is 10.7. The molecule has 5 nitrogen and oxygen atoms in total. The van der Waals surface area contributed by atoms with Gasteiger partial charge in [-0.15, -0.1) is 0 Å². The molecule has 1 aromatic heterocycles. The maximum atomic E-state index is 12.6. The van der Waals surface area contributed by atoms with Crippen molar-refractivity contribution in [3.63, 3.8) is 0 Å². The highest BCUT2D eigenvalue weighted by molar-refractivity contribution is 6.00. The van der Waals surface area contributed by atoms with Crippen molar-refractivity contribution in [3.8, 4) is 11.5 Å². The van der Waals surface area contributed by atoms with Crippen molar-refractivity contribution in [2.45, 2.75) is 39.0 Å². The summed E-state index contributed by atoms with van der Waals surface area (Å²) in [6.45, 7) is 6.74. The second-order valence-corrected chi connectivity index (χ2v) is 7.05. The zero-order valence-electron chi connectivity index (χ0n) is 14.9. The molecule has 4 rings (SSSR count). The van der Waals surface area contributed by atoms with Crippen molar-refractivity contribution >= 4 is 11.7 Å². The van der Waals surface area contributed by atoms with Gasteiger partial charge < -0.3 is 14.8 Å². The van der Waals surface area contributed by atoms with Gasteiger partial charge in [0, 0.05) is 6.20 Å². The van der Waals surface area contributed by atoms with Gasteiger partial charge in [0.05, 0.1) is 5.41 Å². The van der Waals surface area contributed by atoms with Gasteiger partial charge in [-0.1, -0.05) is 32.9 Å². The topological polar surface area (TPSA) is 60.5 Å². The van der Waals surface area contributed by atoms with Crippen LogP contribution in [0.2, 0.25) is 0 Å². The number of carbonyl (C=O) groups is 1. The summed E-state index contributed by atoms with van der Waals surface area (Å²) in [4.78, 5) is 16.7.